The van der Waals surface area contributed by atoms with Crippen molar-refractivity contribution in [3.63, 3.8) is 0 Å². The second-order valence-electron chi connectivity index (χ2n) is 5.62. The third-order valence-electron chi connectivity index (χ3n) is 3.74. The lowest BCUT2D eigenvalue weighted by molar-refractivity contribution is 0.0473. The predicted molar refractivity (Wildman–Crippen MR) is 80.3 cm³/mol. The van der Waals surface area contributed by atoms with Crippen LogP contribution in [0.5, 0.6) is 0 Å². The van der Waals surface area contributed by atoms with Crippen LogP contribution in [0, 0.1) is 5.82 Å². The van der Waals surface area contributed by atoms with E-state index in [2.05, 4.69) is 12.2 Å². The minimum atomic E-state index is -0.168. The zero-order valence-electron chi connectivity index (χ0n) is 12.4. The molecule has 0 bridgehead atoms. The monoisotopic (exact) mass is 279 g/mol. The smallest absolute Gasteiger partial charge is 0.129 e. The number of halogens is 1. The van der Waals surface area contributed by atoms with Crippen molar-refractivity contribution in [2.45, 2.75) is 57.6 Å². The Labute approximate surface area is 121 Å². The summed E-state index contributed by atoms with van der Waals surface area (Å²) in [5.74, 6) is -0.163. The highest BCUT2D eigenvalue weighted by Gasteiger charge is 2.23. The van der Waals surface area contributed by atoms with E-state index in [0.717, 1.165) is 6.42 Å². The van der Waals surface area contributed by atoms with E-state index in [9.17, 15) is 4.39 Å². The van der Waals surface area contributed by atoms with Crippen molar-refractivity contribution in [3.05, 3.63) is 35.6 Å². The second-order valence-corrected chi connectivity index (χ2v) is 5.62. The van der Waals surface area contributed by atoms with Gasteiger partial charge in [-0.2, -0.15) is 0 Å². The summed E-state index contributed by atoms with van der Waals surface area (Å²) in [6, 6.07) is 7.57. The van der Waals surface area contributed by atoms with Gasteiger partial charge in [-0.3, -0.25) is 0 Å². The Hall–Kier alpha value is -0.930. The highest BCUT2D eigenvalue weighted by atomic mass is 19.1. The number of nitrogens with one attached hydrogen (secondary N) is 1. The lowest BCUT2D eigenvalue weighted by Crippen LogP contribution is -2.26. The Morgan fingerprint density at radius 2 is 2.05 bits per heavy atom. The highest BCUT2D eigenvalue weighted by Crippen LogP contribution is 2.24. The molecule has 20 heavy (non-hydrogen) atoms. The van der Waals surface area contributed by atoms with E-state index in [4.69, 9.17) is 4.74 Å². The van der Waals surface area contributed by atoms with Crippen molar-refractivity contribution in [2.24, 2.45) is 0 Å². The standard InChI is InChI=1S/C17H26FNO/c1-2-3-4-7-12-20-17(13-19-14-10-11-14)15-8-5-6-9-16(15)18/h5-6,8-9,14,17,19H,2-4,7,10-13H2,1H3. The van der Waals surface area contributed by atoms with Crippen LogP contribution >= 0.6 is 0 Å². The van der Waals surface area contributed by atoms with E-state index in [1.54, 1.807) is 6.07 Å². The van der Waals surface area contributed by atoms with Gasteiger partial charge in [-0.15, -0.1) is 0 Å². The Bertz CT molecular complexity index is 392. The molecule has 1 aromatic rings. The first-order valence-electron chi connectivity index (χ1n) is 7.90. The zero-order valence-corrected chi connectivity index (χ0v) is 12.4. The van der Waals surface area contributed by atoms with Gasteiger partial charge >= 0.3 is 0 Å². The first kappa shape index (κ1) is 15.5. The van der Waals surface area contributed by atoms with Crippen LogP contribution in [0.15, 0.2) is 24.3 Å². The molecule has 1 unspecified atom stereocenters. The maximum Gasteiger partial charge on any atom is 0.129 e. The maximum absolute atomic E-state index is 13.9. The molecule has 0 aliphatic heterocycles. The molecule has 3 heteroatoms. The van der Waals surface area contributed by atoms with Crippen LogP contribution in [0.25, 0.3) is 0 Å². The molecular weight excluding hydrogens is 253 g/mol. The summed E-state index contributed by atoms with van der Waals surface area (Å²) < 4.78 is 19.8. The molecule has 0 amide bonds. The summed E-state index contributed by atoms with van der Waals surface area (Å²) in [7, 11) is 0. The van der Waals surface area contributed by atoms with Crippen molar-refractivity contribution in [1.82, 2.24) is 5.32 Å². The normalized spacial score (nSPS) is 16.3. The van der Waals surface area contributed by atoms with Crippen LogP contribution in [-0.4, -0.2) is 19.2 Å². The van der Waals surface area contributed by atoms with E-state index in [0.29, 0.717) is 24.8 Å². The van der Waals surface area contributed by atoms with Gasteiger partial charge in [-0.25, -0.2) is 4.39 Å². The van der Waals surface area contributed by atoms with Gasteiger partial charge in [-0.05, 0) is 25.3 Å². The van der Waals surface area contributed by atoms with Crippen LogP contribution in [0.4, 0.5) is 4.39 Å². The minimum Gasteiger partial charge on any atom is -0.372 e. The molecule has 1 aliphatic carbocycles. The quantitative estimate of drug-likeness (QED) is 0.648. The molecule has 0 spiro atoms. The van der Waals surface area contributed by atoms with Gasteiger partial charge in [-0.1, -0.05) is 44.4 Å². The molecule has 1 aromatic carbocycles. The summed E-state index contributed by atoms with van der Waals surface area (Å²) in [5.41, 5.74) is 0.677. The molecule has 112 valence electrons. The molecule has 1 saturated carbocycles. The summed E-state index contributed by atoms with van der Waals surface area (Å²) in [6.45, 7) is 3.62. The average Bonchev–Trinajstić information content (AvgIpc) is 3.27. The van der Waals surface area contributed by atoms with Crippen LogP contribution in [0.2, 0.25) is 0 Å². The molecule has 1 N–H and O–H groups in total. The van der Waals surface area contributed by atoms with Gasteiger partial charge in [0.2, 0.25) is 0 Å². The average molecular weight is 279 g/mol. The SMILES string of the molecule is CCCCCCOC(CNC1CC1)c1ccccc1F. The Morgan fingerprint density at radius 3 is 2.75 bits per heavy atom. The van der Waals surface area contributed by atoms with Crippen molar-refractivity contribution >= 4 is 0 Å². The van der Waals surface area contributed by atoms with Crippen LogP contribution in [-0.2, 0) is 4.74 Å². The summed E-state index contributed by atoms with van der Waals surface area (Å²) >= 11 is 0. The van der Waals surface area contributed by atoms with Crippen molar-refractivity contribution < 1.29 is 9.13 Å². The lowest BCUT2D eigenvalue weighted by atomic mass is 10.1. The van der Waals surface area contributed by atoms with E-state index < -0.39 is 0 Å². The third kappa shape index (κ3) is 5.22. The minimum absolute atomic E-state index is 0.163. The van der Waals surface area contributed by atoms with Gasteiger partial charge in [0.15, 0.2) is 0 Å². The molecule has 1 fully saturated rings. The summed E-state index contributed by atoms with van der Waals surface area (Å²) in [6.07, 6.45) is 7.02. The number of rotatable bonds is 10. The molecule has 0 radical (unpaired) electrons. The Morgan fingerprint density at radius 1 is 1.25 bits per heavy atom. The lowest BCUT2D eigenvalue weighted by Gasteiger charge is -2.19. The summed E-state index contributed by atoms with van der Waals surface area (Å²) in [4.78, 5) is 0. The fourth-order valence-electron chi connectivity index (χ4n) is 2.31. The fraction of sp³-hybridized carbons (Fsp3) is 0.647. The van der Waals surface area contributed by atoms with Crippen LogP contribution in [0.3, 0.4) is 0 Å². The Kier molecular flexibility index (Phi) is 6.48. The molecule has 1 atom stereocenters. The molecule has 0 heterocycles. The van der Waals surface area contributed by atoms with E-state index in [1.165, 1.54) is 38.2 Å². The molecule has 0 aromatic heterocycles. The molecule has 2 rings (SSSR count). The highest BCUT2D eigenvalue weighted by molar-refractivity contribution is 5.20. The number of hydrogen-bond donors (Lipinski definition) is 1. The van der Waals surface area contributed by atoms with E-state index in [-0.39, 0.29) is 11.9 Å². The molecule has 0 saturated heterocycles. The largest absolute Gasteiger partial charge is 0.372 e. The summed E-state index contributed by atoms with van der Waals surface area (Å²) in [5, 5.41) is 3.44. The molecule has 2 nitrogen and oxygen atoms in total. The van der Waals surface area contributed by atoms with Gasteiger partial charge in [0, 0.05) is 24.8 Å². The first-order valence-corrected chi connectivity index (χ1v) is 7.90. The van der Waals surface area contributed by atoms with Gasteiger partial charge in [0.1, 0.15) is 5.82 Å². The zero-order chi connectivity index (χ0) is 14.2. The second kappa shape index (κ2) is 8.38. The van der Waals surface area contributed by atoms with Crippen molar-refractivity contribution in [2.75, 3.05) is 13.2 Å². The molecular formula is C17H26FNO. The fourth-order valence-corrected chi connectivity index (χ4v) is 2.31. The van der Waals surface area contributed by atoms with Crippen LogP contribution in [0.1, 0.15) is 57.1 Å². The first-order chi connectivity index (χ1) is 9.81. The number of ether oxygens (including phenoxy) is 1. The maximum atomic E-state index is 13.9. The Balaban J connectivity index is 1.84. The van der Waals surface area contributed by atoms with Crippen molar-refractivity contribution in [3.8, 4) is 0 Å². The molecule has 1 aliphatic rings. The van der Waals surface area contributed by atoms with E-state index in [1.807, 2.05) is 12.1 Å². The topological polar surface area (TPSA) is 21.3 Å². The third-order valence-corrected chi connectivity index (χ3v) is 3.74. The van der Waals surface area contributed by atoms with Crippen LogP contribution < -0.4 is 5.32 Å². The van der Waals surface area contributed by atoms with Gasteiger partial charge in [0.05, 0.1) is 6.10 Å². The van der Waals surface area contributed by atoms with Gasteiger partial charge in [0.25, 0.3) is 0 Å². The predicted octanol–water partition coefficient (Wildman–Crippen LogP) is 4.22. The number of hydrogen-bond acceptors (Lipinski definition) is 2. The van der Waals surface area contributed by atoms with Crippen molar-refractivity contribution in [1.29, 1.82) is 0 Å². The van der Waals surface area contributed by atoms with E-state index >= 15 is 0 Å². The van der Waals surface area contributed by atoms with Gasteiger partial charge < -0.3 is 10.1 Å². The number of unbranched alkanes of at least 4 members (excludes halogenated alkanes) is 3. The number of benzene rings is 1.